The van der Waals surface area contributed by atoms with Gasteiger partial charge in [-0.15, -0.1) is 0 Å². The lowest BCUT2D eigenvalue weighted by Gasteiger charge is -2.16. The maximum Gasteiger partial charge on any atom is 0.306 e. The second-order valence-corrected chi connectivity index (χ2v) is 6.23. The molecule has 0 aliphatic heterocycles. The number of pyridine rings is 1. The van der Waals surface area contributed by atoms with Crippen molar-refractivity contribution in [1.29, 1.82) is 0 Å². The van der Waals surface area contributed by atoms with Crippen LogP contribution in [-0.2, 0) is 26.0 Å². The number of esters is 1. The minimum Gasteiger partial charge on any atom is -0.469 e. The molecule has 0 unspecified atom stereocenters. The molecule has 0 radical (unpaired) electrons. The van der Waals surface area contributed by atoms with Gasteiger partial charge in [0.05, 0.1) is 19.3 Å². The molecule has 1 heterocycles. The van der Waals surface area contributed by atoms with Gasteiger partial charge in [0, 0.05) is 31.9 Å². The number of sulfonamides is 1. The van der Waals surface area contributed by atoms with Crippen LogP contribution in [0.3, 0.4) is 0 Å². The summed E-state index contributed by atoms with van der Waals surface area (Å²) in [5.41, 5.74) is 0.729. The minimum atomic E-state index is -3.38. The maximum atomic E-state index is 12.0. The molecule has 0 aliphatic carbocycles. The van der Waals surface area contributed by atoms with E-state index in [1.165, 1.54) is 18.5 Å². The molecule has 0 atom stereocenters. The highest BCUT2D eigenvalue weighted by molar-refractivity contribution is 7.89. The number of rotatable bonds is 7. The molecule has 106 valence electrons. The summed E-state index contributed by atoms with van der Waals surface area (Å²) in [7, 11) is -0.646. The molecular weight excluding hydrogens is 268 g/mol. The van der Waals surface area contributed by atoms with Gasteiger partial charge in [-0.2, -0.15) is 0 Å². The summed E-state index contributed by atoms with van der Waals surface area (Å²) < 4.78 is 29.5. The number of aromatic nitrogens is 1. The molecular formula is C12H18N2O4S. The monoisotopic (exact) mass is 286 g/mol. The second kappa shape index (κ2) is 7.20. The van der Waals surface area contributed by atoms with E-state index in [-0.39, 0.29) is 18.7 Å². The molecule has 7 heteroatoms. The zero-order chi connectivity index (χ0) is 14.3. The van der Waals surface area contributed by atoms with E-state index in [4.69, 9.17) is 0 Å². The van der Waals surface area contributed by atoms with Gasteiger partial charge in [-0.1, -0.05) is 6.07 Å². The van der Waals surface area contributed by atoms with Crippen LogP contribution in [0, 0.1) is 0 Å². The molecule has 0 N–H and O–H groups in total. The number of hydrogen-bond acceptors (Lipinski definition) is 5. The number of carbonyl (C=O) groups is 1. The van der Waals surface area contributed by atoms with Crippen molar-refractivity contribution in [1.82, 2.24) is 9.29 Å². The fraction of sp³-hybridized carbons (Fsp3) is 0.500. The van der Waals surface area contributed by atoms with Crippen LogP contribution in [0.2, 0.25) is 0 Å². The van der Waals surface area contributed by atoms with Crippen molar-refractivity contribution in [2.45, 2.75) is 12.8 Å². The molecule has 0 aliphatic rings. The smallest absolute Gasteiger partial charge is 0.306 e. The molecule has 1 aromatic rings. The molecule has 1 aromatic heterocycles. The van der Waals surface area contributed by atoms with Gasteiger partial charge in [-0.05, 0) is 12.1 Å². The highest BCUT2D eigenvalue weighted by atomic mass is 32.2. The van der Waals surface area contributed by atoms with Crippen molar-refractivity contribution < 1.29 is 17.9 Å². The summed E-state index contributed by atoms with van der Waals surface area (Å²) >= 11 is 0. The standard InChI is InChI=1S/C12H18N2O4S/c1-14(9-6-12(15)18-2)19(16,17)10-7-11-5-3-4-8-13-11/h3-5,8H,6-7,9-10H2,1-2H3. The highest BCUT2D eigenvalue weighted by Crippen LogP contribution is 2.04. The Morgan fingerprint density at radius 2 is 2.16 bits per heavy atom. The van der Waals surface area contributed by atoms with Crippen LogP contribution in [0.15, 0.2) is 24.4 Å². The molecule has 0 fully saturated rings. The van der Waals surface area contributed by atoms with E-state index in [1.54, 1.807) is 18.3 Å². The zero-order valence-electron chi connectivity index (χ0n) is 11.1. The van der Waals surface area contributed by atoms with E-state index in [0.29, 0.717) is 6.42 Å². The van der Waals surface area contributed by atoms with Crippen LogP contribution >= 0.6 is 0 Å². The number of nitrogens with zero attached hydrogens (tertiary/aromatic N) is 2. The van der Waals surface area contributed by atoms with Crippen LogP contribution in [0.4, 0.5) is 0 Å². The van der Waals surface area contributed by atoms with Crippen LogP contribution in [0.25, 0.3) is 0 Å². The third-order valence-corrected chi connectivity index (χ3v) is 4.53. The summed E-state index contributed by atoms with van der Waals surface area (Å²) in [6, 6.07) is 5.38. The summed E-state index contributed by atoms with van der Waals surface area (Å²) in [5.74, 6) is -0.450. The SMILES string of the molecule is COC(=O)CCN(C)S(=O)(=O)CCc1ccccn1. The van der Waals surface area contributed by atoms with Crippen molar-refractivity contribution in [3.63, 3.8) is 0 Å². The van der Waals surface area contributed by atoms with E-state index >= 15 is 0 Å². The van der Waals surface area contributed by atoms with Gasteiger partial charge < -0.3 is 4.74 Å². The van der Waals surface area contributed by atoms with Crippen LogP contribution in [-0.4, -0.2) is 50.1 Å². The predicted octanol–water partition coefficient (Wildman–Crippen LogP) is 0.449. The summed E-state index contributed by atoms with van der Waals surface area (Å²) in [6.45, 7) is 0.122. The number of ether oxygens (including phenoxy) is 1. The van der Waals surface area contributed by atoms with E-state index in [0.717, 1.165) is 5.69 Å². The molecule has 0 aromatic carbocycles. The molecule has 0 spiro atoms. The lowest BCUT2D eigenvalue weighted by atomic mass is 10.3. The lowest BCUT2D eigenvalue weighted by Crippen LogP contribution is -2.32. The molecule has 0 saturated heterocycles. The summed E-state index contributed by atoms with van der Waals surface area (Å²) in [4.78, 5) is 15.0. The number of carbonyl (C=O) groups excluding carboxylic acids is 1. The Labute approximate surface area is 113 Å². The largest absolute Gasteiger partial charge is 0.469 e. The first-order valence-corrected chi connectivity index (χ1v) is 7.47. The van der Waals surface area contributed by atoms with Gasteiger partial charge in [0.2, 0.25) is 10.0 Å². The second-order valence-electron chi connectivity index (χ2n) is 4.03. The summed E-state index contributed by atoms with van der Waals surface area (Å²) in [5, 5.41) is 0. The van der Waals surface area contributed by atoms with Crippen LogP contribution in [0.1, 0.15) is 12.1 Å². The Morgan fingerprint density at radius 1 is 1.42 bits per heavy atom. The average molecular weight is 286 g/mol. The van der Waals surface area contributed by atoms with Gasteiger partial charge in [0.25, 0.3) is 0 Å². The van der Waals surface area contributed by atoms with Crippen molar-refractivity contribution in [2.24, 2.45) is 0 Å². The molecule has 0 bridgehead atoms. The molecule has 0 saturated carbocycles. The van der Waals surface area contributed by atoms with Crippen molar-refractivity contribution >= 4 is 16.0 Å². The maximum absolute atomic E-state index is 12.0. The highest BCUT2D eigenvalue weighted by Gasteiger charge is 2.18. The number of methoxy groups -OCH3 is 1. The Morgan fingerprint density at radius 3 is 2.74 bits per heavy atom. The normalized spacial score (nSPS) is 11.5. The average Bonchev–Trinajstić information content (AvgIpc) is 2.43. The third kappa shape index (κ3) is 5.35. The Bertz CT molecular complexity index is 502. The molecule has 1 rings (SSSR count). The third-order valence-electron chi connectivity index (χ3n) is 2.68. The van der Waals surface area contributed by atoms with Crippen LogP contribution < -0.4 is 0 Å². The van der Waals surface area contributed by atoms with Gasteiger partial charge in [0.1, 0.15) is 0 Å². The fourth-order valence-electron chi connectivity index (χ4n) is 1.43. The Kier molecular flexibility index (Phi) is 5.91. The minimum absolute atomic E-state index is 0.0261. The van der Waals surface area contributed by atoms with Crippen molar-refractivity contribution in [2.75, 3.05) is 26.5 Å². The summed E-state index contributed by atoms with van der Waals surface area (Å²) in [6.07, 6.45) is 2.03. The quantitative estimate of drug-likeness (QED) is 0.680. The van der Waals surface area contributed by atoms with E-state index in [9.17, 15) is 13.2 Å². The first-order chi connectivity index (χ1) is 8.95. The van der Waals surface area contributed by atoms with Gasteiger partial charge in [-0.25, -0.2) is 12.7 Å². The van der Waals surface area contributed by atoms with Crippen molar-refractivity contribution in [3.05, 3.63) is 30.1 Å². The van der Waals surface area contributed by atoms with E-state index < -0.39 is 16.0 Å². The number of hydrogen-bond donors (Lipinski definition) is 0. The molecule has 19 heavy (non-hydrogen) atoms. The fourth-order valence-corrected chi connectivity index (χ4v) is 2.57. The van der Waals surface area contributed by atoms with E-state index in [1.807, 2.05) is 6.07 Å². The zero-order valence-corrected chi connectivity index (χ0v) is 11.9. The lowest BCUT2D eigenvalue weighted by molar-refractivity contribution is -0.140. The number of aryl methyl sites for hydroxylation is 1. The Hall–Kier alpha value is -1.47. The van der Waals surface area contributed by atoms with Crippen LogP contribution in [0.5, 0.6) is 0 Å². The molecule has 0 amide bonds. The van der Waals surface area contributed by atoms with E-state index in [2.05, 4.69) is 9.72 Å². The van der Waals surface area contributed by atoms with Gasteiger partial charge >= 0.3 is 5.97 Å². The Balaban J connectivity index is 2.49. The topological polar surface area (TPSA) is 76.6 Å². The predicted molar refractivity (Wildman–Crippen MR) is 71.0 cm³/mol. The molecule has 6 nitrogen and oxygen atoms in total. The van der Waals surface area contributed by atoms with Gasteiger partial charge in [-0.3, -0.25) is 9.78 Å². The first-order valence-electron chi connectivity index (χ1n) is 5.86. The van der Waals surface area contributed by atoms with Crippen molar-refractivity contribution in [3.8, 4) is 0 Å². The van der Waals surface area contributed by atoms with Gasteiger partial charge in [0.15, 0.2) is 0 Å². The first kappa shape index (κ1) is 15.6.